The topological polar surface area (TPSA) is 134 Å². The molecule has 2 aliphatic rings. The number of nitrogen functional groups attached to an aromatic ring is 1. The number of hydrogen-bond donors (Lipinski definition) is 3. The van der Waals surface area contributed by atoms with Crippen LogP contribution in [0.3, 0.4) is 0 Å². The van der Waals surface area contributed by atoms with Gasteiger partial charge < -0.3 is 30.5 Å². The zero-order chi connectivity index (χ0) is 22.2. The van der Waals surface area contributed by atoms with Gasteiger partial charge in [-0.2, -0.15) is 4.98 Å². The van der Waals surface area contributed by atoms with E-state index in [0.717, 1.165) is 75.9 Å². The van der Waals surface area contributed by atoms with Crippen molar-refractivity contribution < 1.29 is 13.9 Å². The van der Waals surface area contributed by atoms with Crippen LogP contribution in [0.5, 0.6) is 5.75 Å². The Morgan fingerprint density at radius 1 is 1.22 bits per heavy atom. The molecule has 32 heavy (non-hydrogen) atoms. The second kappa shape index (κ2) is 8.07. The smallest absolute Gasteiger partial charge is 0.292 e. The average Bonchev–Trinajstić information content (AvgIpc) is 3.46. The molecule has 166 valence electrons. The summed E-state index contributed by atoms with van der Waals surface area (Å²) in [5.41, 5.74) is 16.5. The van der Waals surface area contributed by atoms with E-state index in [-0.39, 0.29) is 12.4 Å². The minimum atomic E-state index is 0.189. The van der Waals surface area contributed by atoms with Crippen molar-refractivity contribution in [2.75, 3.05) is 24.2 Å². The third-order valence-corrected chi connectivity index (χ3v) is 5.83. The molecule has 9 nitrogen and oxygen atoms in total. The first-order valence-electron chi connectivity index (χ1n) is 10.8. The Morgan fingerprint density at radius 2 is 2.03 bits per heavy atom. The fourth-order valence-electron chi connectivity index (χ4n) is 4.22. The number of carbonyl (C=O) groups excluding carboxylic acids is 1. The number of ether oxygens (including phenoxy) is 1. The molecule has 0 bridgehead atoms. The van der Waals surface area contributed by atoms with E-state index in [2.05, 4.69) is 38.8 Å². The Bertz CT molecular complexity index is 1300. The minimum Gasteiger partial charge on any atom is -0.491 e. The molecule has 1 aliphatic carbocycles. The van der Waals surface area contributed by atoms with Gasteiger partial charge in [0.2, 0.25) is 6.41 Å². The lowest BCUT2D eigenvalue weighted by Gasteiger charge is -2.10. The van der Waals surface area contributed by atoms with Crippen LogP contribution in [-0.2, 0) is 11.3 Å². The molecule has 0 saturated heterocycles. The number of nitrogens with two attached hydrogens (primary N) is 2. The summed E-state index contributed by atoms with van der Waals surface area (Å²) in [5.74, 6) is 2.64. The number of oxazole rings is 1. The summed E-state index contributed by atoms with van der Waals surface area (Å²) in [6.45, 7) is 4.60. The summed E-state index contributed by atoms with van der Waals surface area (Å²) in [4.78, 5) is 17.9. The van der Waals surface area contributed by atoms with Crippen LogP contribution in [0.1, 0.15) is 24.8 Å². The molecular weight excluding hydrogens is 408 g/mol. The van der Waals surface area contributed by atoms with Gasteiger partial charge in [-0.05, 0) is 55.9 Å². The summed E-state index contributed by atoms with van der Waals surface area (Å²) in [6, 6.07) is 8.54. The van der Waals surface area contributed by atoms with Crippen LogP contribution in [0, 0.1) is 12.8 Å². The summed E-state index contributed by atoms with van der Waals surface area (Å²) >= 11 is 0. The molecule has 9 heteroatoms. The number of carbonyl (C=O) groups is 1. The molecule has 0 spiro atoms. The molecule has 0 unspecified atom stereocenters. The molecule has 0 atom stereocenters. The van der Waals surface area contributed by atoms with Crippen LogP contribution >= 0.6 is 0 Å². The van der Waals surface area contributed by atoms with Crippen molar-refractivity contribution in [2.24, 2.45) is 11.7 Å². The molecule has 0 radical (unpaired) electrons. The van der Waals surface area contributed by atoms with E-state index in [0.29, 0.717) is 6.61 Å². The molecule has 3 heterocycles. The van der Waals surface area contributed by atoms with Crippen molar-refractivity contribution in [3.05, 3.63) is 29.8 Å². The average molecular weight is 435 g/mol. The Balaban J connectivity index is 0.000000684. The van der Waals surface area contributed by atoms with Gasteiger partial charge in [0.1, 0.15) is 22.6 Å². The second-order valence-electron chi connectivity index (χ2n) is 8.29. The van der Waals surface area contributed by atoms with Gasteiger partial charge in [0, 0.05) is 30.4 Å². The molecule has 2 aromatic carbocycles. The van der Waals surface area contributed by atoms with Crippen molar-refractivity contribution in [1.29, 1.82) is 0 Å². The summed E-state index contributed by atoms with van der Waals surface area (Å²) in [5, 5.41) is 3.56. The SMILES string of the molecule is Cc1cc(-c2nc3cc(NCC4CC4)cc4c3n2CCCO4)cc2nc(N)oc12.NC=O. The Labute approximate surface area is 184 Å². The van der Waals surface area contributed by atoms with Crippen molar-refractivity contribution in [3.8, 4) is 17.1 Å². The Morgan fingerprint density at radius 3 is 2.81 bits per heavy atom. The number of rotatable bonds is 4. The second-order valence-corrected chi connectivity index (χ2v) is 8.29. The minimum absolute atomic E-state index is 0.189. The van der Waals surface area contributed by atoms with E-state index in [9.17, 15) is 0 Å². The molecule has 2 aromatic heterocycles. The molecule has 5 N–H and O–H groups in total. The normalized spacial score (nSPS) is 15.0. The first-order chi connectivity index (χ1) is 15.6. The molecule has 1 amide bonds. The highest BCUT2D eigenvalue weighted by Gasteiger charge is 2.23. The highest BCUT2D eigenvalue weighted by molar-refractivity contribution is 5.91. The molecule has 4 aromatic rings. The van der Waals surface area contributed by atoms with Gasteiger partial charge in [-0.1, -0.05) is 0 Å². The number of aromatic nitrogens is 3. The largest absolute Gasteiger partial charge is 0.491 e. The lowest BCUT2D eigenvalue weighted by molar-refractivity contribution is -0.106. The molecule has 6 rings (SSSR count). The monoisotopic (exact) mass is 434 g/mol. The number of benzene rings is 2. The molecular formula is C23H26N6O3. The number of anilines is 2. The van der Waals surface area contributed by atoms with Gasteiger partial charge in [0.15, 0.2) is 5.58 Å². The number of imidazole rings is 1. The maximum atomic E-state index is 8.58. The first-order valence-corrected chi connectivity index (χ1v) is 10.8. The maximum absolute atomic E-state index is 8.58. The number of fused-ring (bicyclic) bond motifs is 1. The van der Waals surface area contributed by atoms with Crippen LogP contribution < -0.4 is 21.5 Å². The highest BCUT2D eigenvalue weighted by Crippen LogP contribution is 2.38. The number of hydrogen-bond acceptors (Lipinski definition) is 7. The van der Waals surface area contributed by atoms with Crippen LogP contribution in [-0.4, -0.2) is 34.1 Å². The van der Waals surface area contributed by atoms with Gasteiger partial charge in [-0.3, -0.25) is 4.79 Å². The van der Waals surface area contributed by atoms with Crippen molar-refractivity contribution in [3.63, 3.8) is 0 Å². The summed E-state index contributed by atoms with van der Waals surface area (Å²) < 4.78 is 13.9. The lowest BCUT2D eigenvalue weighted by atomic mass is 10.1. The summed E-state index contributed by atoms with van der Waals surface area (Å²) in [7, 11) is 0. The van der Waals surface area contributed by atoms with Crippen molar-refractivity contribution in [2.45, 2.75) is 32.7 Å². The Kier molecular flexibility index (Phi) is 5.08. The van der Waals surface area contributed by atoms with Crippen molar-refractivity contribution in [1.82, 2.24) is 14.5 Å². The predicted octanol–water partition coefficient (Wildman–Crippen LogP) is 3.44. The van der Waals surface area contributed by atoms with Crippen LogP contribution in [0.15, 0.2) is 28.7 Å². The van der Waals surface area contributed by atoms with E-state index in [1.807, 2.05) is 13.0 Å². The van der Waals surface area contributed by atoms with Gasteiger partial charge in [-0.15, -0.1) is 0 Å². The Hall–Kier alpha value is -3.75. The fourth-order valence-corrected chi connectivity index (χ4v) is 4.22. The lowest BCUT2D eigenvalue weighted by Crippen LogP contribution is -2.03. The van der Waals surface area contributed by atoms with Gasteiger partial charge >= 0.3 is 0 Å². The number of aryl methyl sites for hydroxylation is 2. The molecule has 1 fully saturated rings. The number of nitrogens with zero attached hydrogens (tertiary/aromatic N) is 3. The van der Waals surface area contributed by atoms with Gasteiger partial charge in [0.25, 0.3) is 6.01 Å². The zero-order valence-electron chi connectivity index (χ0n) is 17.9. The fraction of sp³-hybridized carbons (Fsp3) is 0.348. The third kappa shape index (κ3) is 3.70. The molecule has 1 saturated carbocycles. The van der Waals surface area contributed by atoms with Crippen LogP contribution in [0.25, 0.3) is 33.5 Å². The zero-order valence-corrected chi connectivity index (χ0v) is 17.9. The van der Waals surface area contributed by atoms with Gasteiger partial charge in [-0.25, -0.2) is 4.98 Å². The van der Waals surface area contributed by atoms with E-state index in [4.69, 9.17) is 24.7 Å². The number of nitrogens with one attached hydrogen (secondary N) is 1. The number of amides is 1. The summed E-state index contributed by atoms with van der Waals surface area (Å²) in [6.07, 6.45) is 3.84. The maximum Gasteiger partial charge on any atom is 0.292 e. The predicted molar refractivity (Wildman–Crippen MR) is 123 cm³/mol. The number of primary amides is 1. The van der Waals surface area contributed by atoms with Gasteiger partial charge in [0.05, 0.1) is 12.1 Å². The standard InChI is InChI=1S/C22H23N5O2.CH3NO/c1-12-7-14(8-17-20(12)29-22(23)26-17)21-25-16-9-15(24-11-13-3-4-13)10-18-19(16)27(21)5-2-6-28-18;2-1-3/h7-10,13,24H,2-6,11H2,1H3,(H2,23,26);1H,(H2,2,3). The van der Waals surface area contributed by atoms with Crippen LogP contribution in [0.2, 0.25) is 0 Å². The highest BCUT2D eigenvalue weighted by atomic mass is 16.5. The van der Waals surface area contributed by atoms with Crippen LogP contribution in [0.4, 0.5) is 11.7 Å². The molecule has 1 aliphatic heterocycles. The van der Waals surface area contributed by atoms with Crippen molar-refractivity contribution >= 4 is 40.2 Å². The van der Waals surface area contributed by atoms with E-state index in [1.54, 1.807) is 0 Å². The first kappa shape index (κ1) is 20.2. The van der Waals surface area contributed by atoms with E-state index in [1.165, 1.54) is 12.8 Å². The van der Waals surface area contributed by atoms with E-state index >= 15 is 0 Å². The third-order valence-electron chi connectivity index (χ3n) is 5.83. The van der Waals surface area contributed by atoms with E-state index < -0.39 is 0 Å². The quantitative estimate of drug-likeness (QED) is 0.419.